The molecule has 2 fully saturated rings. The van der Waals surface area contributed by atoms with Crippen LogP contribution in [0.15, 0.2) is 15.7 Å². The van der Waals surface area contributed by atoms with E-state index in [-0.39, 0.29) is 28.8 Å². The van der Waals surface area contributed by atoms with Crippen LogP contribution in [0.4, 0.5) is 0 Å². The molecule has 1 aromatic rings. The van der Waals surface area contributed by atoms with Crippen molar-refractivity contribution in [1.29, 1.82) is 0 Å². The lowest BCUT2D eigenvalue weighted by atomic mass is 10.2. The van der Waals surface area contributed by atoms with Crippen LogP contribution < -0.4 is 0 Å². The van der Waals surface area contributed by atoms with E-state index < -0.39 is 16.0 Å². The van der Waals surface area contributed by atoms with Gasteiger partial charge in [0.15, 0.2) is 0 Å². The first-order valence-electron chi connectivity index (χ1n) is 7.97. The van der Waals surface area contributed by atoms with E-state index in [1.165, 1.54) is 28.6 Å². The quantitative estimate of drug-likeness (QED) is 0.816. The van der Waals surface area contributed by atoms with Crippen molar-refractivity contribution in [2.45, 2.75) is 29.9 Å². The van der Waals surface area contributed by atoms with Crippen LogP contribution in [-0.4, -0.2) is 60.8 Å². The molecule has 1 N–H and O–H groups in total. The highest BCUT2D eigenvalue weighted by molar-refractivity contribution is 7.91. The summed E-state index contributed by atoms with van der Waals surface area (Å²) >= 11 is 0.913. The van der Waals surface area contributed by atoms with Crippen molar-refractivity contribution >= 4 is 33.2 Å². The maximum atomic E-state index is 12.6. The number of carboxylic acids is 1. The minimum Gasteiger partial charge on any atom is -0.478 e. The van der Waals surface area contributed by atoms with Crippen molar-refractivity contribution < 1.29 is 23.1 Å². The van der Waals surface area contributed by atoms with Crippen LogP contribution in [0, 0.1) is 5.92 Å². The van der Waals surface area contributed by atoms with Gasteiger partial charge in [0.2, 0.25) is 5.91 Å². The molecule has 1 aliphatic carbocycles. The van der Waals surface area contributed by atoms with Gasteiger partial charge < -0.3 is 10.0 Å². The monoisotopic (exact) mass is 372 g/mol. The van der Waals surface area contributed by atoms with E-state index in [1.54, 1.807) is 4.90 Å². The highest BCUT2D eigenvalue weighted by Crippen LogP contribution is 2.33. The van der Waals surface area contributed by atoms with Gasteiger partial charge in [-0.1, -0.05) is 12.8 Å². The summed E-state index contributed by atoms with van der Waals surface area (Å²) in [5, 5.41) is 10.2. The van der Waals surface area contributed by atoms with Gasteiger partial charge in [-0.05, 0) is 18.4 Å². The van der Waals surface area contributed by atoms with Gasteiger partial charge >= 0.3 is 5.97 Å². The molecule has 2 heterocycles. The third-order valence-corrected chi connectivity index (χ3v) is 7.79. The molecule has 1 amide bonds. The minimum atomic E-state index is -3.69. The second kappa shape index (κ2) is 6.81. The van der Waals surface area contributed by atoms with E-state index in [0.717, 1.165) is 17.8 Å². The van der Waals surface area contributed by atoms with Crippen molar-refractivity contribution in [3.8, 4) is 0 Å². The maximum Gasteiger partial charge on any atom is 0.336 e. The molecule has 24 heavy (non-hydrogen) atoms. The van der Waals surface area contributed by atoms with Crippen LogP contribution >= 0.6 is 11.3 Å². The molecule has 0 spiro atoms. The molecule has 1 saturated carbocycles. The van der Waals surface area contributed by atoms with Gasteiger partial charge in [-0.3, -0.25) is 4.79 Å². The van der Waals surface area contributed by atoms with Crippen LogP contribution in [-0.2, 0) is 14.8 Å². The molecule has 9 heteroatoms. The highest BCUT2D eigenvalue weighted by Gasteiger charge is 2.32. The van der Waals surface area contributed by atoms with Crippen molar-refractivity contribution in [3.63, 3.8) is 0 Å². The largest absolute Gasteiger partial charge is 0.478 e. The standard InChI is InChI=1S/C15H20N2O5S2/c18-13(4-3-11-1-2-11)16-5-7-17(8-6-16)24(21,22)14-9-12(10-23-14)15(19)20/h9-11H,1-8H2,(H,19,20). The van der Waals surface area contributed by atoms with Crippen molar-refractivity contribution in [2.75, 3.05) is 26.2 Å². The Bertz CT molecular complexity index is 731. The van der Waals surface area contributed by atoms with Gasteiger partial charge in [-0.25, -0.2) is 13.2 Å². The molecule has 0 radical (unpaired) electrons. The number of thiophene rings is 1. The van der Waals surface area contributed by atoms with Crippen molar-refractivity contribution in [2.24, 2.45) is 5.92 Å². The van der Waals surface area contributed by atoms with Gasteiger partial charge in [0, 0.05) is 38.0 Å². The smallest absolute Gasteiger partial charge is 0.336 e. The summed E-state index contributed by atoms with van der Waals surface area (Å²) in [6.45, 7) is 1.27. The third kappa shape index (κ3) is 3.79. The fourth-order valence-electron chi connectivity index (χ4n) is 2.76. The first kappa shape index (κ1) is 17.4. The van der Waals surface area contributed by atoms with Crippen LogP contribution in [0.2, 0.25) is 0 Å². The Labute approximate surface area is 144 Å². The molecule has 3 rings (SSSR count). The van der Waals surface area contributed by atoms with Crippen LogP contribution in [0.3, 0.4) is 0 Å². The number of hydrogen-bond donors (Lipinski definition) is 1. The molecule has 2 aliphatic rings. The summed E-state index contributed by atoms with van der Waals surface area (Å²) < 4.78 is 26.5. The predicted molar refractivity (Wildman–Crippen MR) is 88.6 cm³/mol. The lowest BCUT2D eigenvalue weighted by Crippen LogP contribution is -2.50. The zero-order valence-electron chi connectivity index (χ0n) is 13.2. The molecule has 1 aromatic heterocycles. The molecule has 0 aromatic carbocycles. The summed E-state index contributed by atoms with van der Waals surface area (Å²) in [6, 6.07) is 1.19. The maximum absolute atomic E-state index is 12.6. The summed E-state index contributed by atoms with van der Waals surface area (Å²) in [6.07, 6.45) is 3.92. The third-order valence-electron chi connectivity index (χ3n) is 4.47. The number of rotatable bonds is 6. The molecule has 1 aliphatic heterocycles. The highest BCUT2D eigenvalue weighted by atomic mass is 32.2. The first-order valence-corrected chi connectivity index (χ1v) is 10.3. The molecule has 132 valence electrons. The fourth-order valence-corrected chi connectivity index (χ4v) is 5.49. The van der Waals surface area contributed by atoms with E-state index in [0.29, 0.717) is 25.4 Å². The number of piperazine rings is 1. The number of carbonyl (C=O) groups excluding carboxylic acids is 1. The van der Waals surface area contributed by atoms with Crippen molar-refractivity contribution in [1.82, 2.24) is 9.21 Å². The Morgan fingerprint density at radius 3 is 2.42 bits per heavy atom. The molecule has 0 atom stereocenters. The van der Waals surface area contributed by atoms with Crippen LogP contribution in [0.25, 0.3) is 0 Å². The van der Waals surface area contributed by atoms with Crippen molar-refractivity contribution in [3.05, 3.63) is 17.0 Å². The Balaban J connectivity index is 1.58. The summed E-state index contributed by atoms with van der Waals surface area (Å²) in [7, 11) is -3.69. The Kier molecular flexibility index (Phi) is 4.93. The number of hydrogen-bond acceptors (Lipinski definition) is 5. The Morgan fingerprint density at radius 1 is 1.21 bits per heavy atom. The zero-order chi connectivity index (χ0) is 17.3. The van der Waals surface area contributed by atoms with Gasteiger partial charge in [0.25, 0.3) is 10.0 Å². The Morgan fingerprint density at radius 2 is 1.88 bits per heavy atom. The lowest BCUT2D eigenvalue weighted by Gasteiger charge is -2.33. The second-order valence-electron chi connectivity index (χ2n) is 6.23. The fraction of sp³-hybridized carbons (Fsp3) is 0.600. The van der Waals surface area contributed by atoms with E-state index in [1.807, 2.05) is 0 Å². The van der Waals surface area contributed by atoms with E-state index in [2.05, 4.69) is 0 Å². The summed E-state index contributed by atoms with van der Waals surface area (Å²) in [5.74, 6) is -0.333. The summed E-state index contributed by atoms with van der Waals surface area (Å²) in [4.78, 5) is 24.8. The average molecular weight is 372 g/mol. The van der Waals surface area contributed by atoms with E-state index >= 15 is 0 Å². The Hall–Kier alpha value is -1.45. The molecule has 0 bridgehead atoms. The topological polar surface area (TPSA) is 95.0 Å². The average Bonchev–Trinajstić information content (AvgIpc) is 3.25. The van der Waals surface area contributed by atoms with Gasteiger partial charge in [-0.2, -0.15) is 4.31 Å². The van der Waals surface area contributed by atoms with Gasteiger partial charge in [0.1, 0.15) is 4.21 Å². The second-order valence-corrected chi connectivity index (χ2v) is 9.30. The molecular formula is C15H20N2O5S2. The lowest BCUT2D eigenvalue weighted by molar-refractivity contribution is -0.132. The molecule has 7 nitrogen and oxygen atoms in total. The minimum absolute atomic E-state index is 0.0209. The van der Waals surface area contributed by atoms with E-state index in [9.17, 15) is 18.0 Å². The number of sulfonamides is 1. The number of carbonyl (C=O) groups is 2. The molecule has 0 unspecified atom stereocenters. The van der Waals surface area contributed by atoms with Gasteiger partial charge in [0.05, 0.1) is 5.56 Å². The SMILES string of the molecule is O=C(O)c1csc(S(=O)(=O)N2CCN(C(=O)CCC3CC3)CC2)c1. The predicted octanol–water partition coefficient (Wildman–Crippen LogP) is 1.47. The number of carboxylic acid groups (broad SMARTS) is 1. The first-order chi connectivity index (χ1) is 11.4. The number of nitrogens with zero attached hydrogens (tertiary/aromatic N) is 2. The van der Waals surface area contributed by atoms with Crippen LogP contribution in [0.1, 0.15) is 36.0 Å². The van der Waals surface area contributed by atoms with Crippen LogP contribution in [0.5, 0.6) is 0 Å². The molecular weight excluding hydrogens is 352 g/mol. The number of amides is 1. The molecule has 1 saturated heterocycles. The normalized spacial score (nSPS) is 19.4. The van der Waals surface area contributed by atoms with E-state index in [4.69, 9.17) is 5.11 Å². The zero-order valence-corrected chi connectivity index (χ0v) is 14.8. The van der Waals surface area contributed by atoms with Gasteiger partial charge in [-0.15, -0.1) is 11.3 Å². The summed E-state index contributed by atoms with van der Waals surface area (Å²) in [5.41, 5.74) is -0.0209. The number of aromatic carboxylic acids is 1.